The molecule has 0 aliphatic rings. The summed E-state index contributed by atoms with van der Waals surface area (Å²) in [6.45, 7) is 1.23. The first-order valence-corrected chi connectivity index (χ1v) is 15.8. The number of para-hydroxylation sites is 1. The van der Waals surface area contributed by atoms with Gasteiger partial charge in [-0.25, -0.2) is 4.68 Å². The molecule has 206 valence electrons. The lowest BCUT2D eigenvalue weighted by Gasteiger charge is -2.12. The highest BCUT2D eigenvalue weighted by molar-refractivity contribution is 7.84. The number of benzene rings is 3. The zero-order chi connectivity index (χ0) is 28.3. The Morgan fingerprint density at radius 2 is 1.59 bits per heavy atom. The van der Waals surface area contributed by atoms with Crippen molar-refractivity contribution in [3.8, 4) is 38.0 Å². The van der Waals surface area contributed by atoms with Gasteiger partial charge in [0.1, 0.15) is 0 Å². The van der Waals surface area contributed by atoms with Crippen molar-refractivity contribution in [2.24, 2.45) is 0 Å². The molecule has 6 rings (SSSR count). The molecular formula is C32H27ClN4O2S2. The van der Waals surface area contributed by atoms with Crippen LogP contribution in [0.5, 0.6) is 0 Å². The van der Waals surface area contributed by atoms with Crippen molar-refractivity contribution in [2.45, 2.75) is 18.0 Å². The topological polar surface area (TPSA) is 64.2 Å². The maximum absolute atomic E-state index is 12.0. The van der Waals surface area contributed by atoms with Gasteiger partial charge in [-0.15, -0.1) is 11.3 Å². The number of halogens is 1. The lowest BCUT2D eigenvalue weighted by molar-refractivity contribution is 0.300. The Morgan fingerprint density at radius 3 is 2.39 bits per heavy atom. The predicted molar refractivity (Wildman–Crippen MR) is 167 cm³/mol. The molecule has 0 radical (unpaired) electrons. The van der Waals surface area contributed by atoms with Crippen molar-refractivity contribution in [3.63, 3.8) is 0 Å². The Balaban J connectivity index is 1.28. The molecule has 6 aromatic rings. The summed E-state index contributed by atoms with van der Waals surface area (Å²) in [6, 6.07) is 33.9. The lowest BCUT2D eigenvalue weighted by Crippen LogP contribution is -2.17. The maximum Gasteiger partial charge on any atom is 0.167 e. The van der Waals surface area contributed by atoms with E-state index in [9.17, 15) is 4.21 Å². The van der Waals surface area contributed by atoms with Gasteiger partial charge in [0.2, 0.25) is 0 Å². The standard InChI is InChI=1S/C32H27ClN4O2S2/c1-36(21-25-19-30(39-35-25)22-9-4-3-5-10-22)20-24-18-29(37(34-24)28-14-7-6-13-27(28)33)32-16-15-31(40-32)23-11-8-12-26(17-23)41(2)38/h3-19H,20-21H2,1-2H3. The number of hydrogen-bond acceptors (Lipinski definition) is 6. The van der Waals surface area contributed by atoms with E-state index in [4.69, 9.17) is 21.2 Å². The van der Waals surface area contributed by atoms with Crippen LogP contribution in [0.25, 0.3) is 38.0 Å². The Hall–Kier alpha value is -3.82. The summed E-state index contributed by atoms with van der Waals surface area (Å²) in [5.74, 6) is 0.753. The first kappa shape index (κ1) is 27.4. The number of thiophene rings is 1. The van der Waals surface area contributed by atoms with Gasteiger partial charge in [0.15, 0.2) is 5.76 Å². The van der Waals surface area contributed by atoms with E-state index in [1.165, 1.54) is 0 Å². The van der Waals surface area contributed by atoms with E-state index >= 15 is 0 Å². The monoisotopic (exact) mass is 598 g/mol. The van der Waals surface area contributed by atoms with Crippen LogP contribution in [0, 0.1) is 0 Å². The molecule has 1 atom stereocenters. The summed E-state index contributed by atoms with van der Waals surface area (Å²) in [5, 5.41) is 9.89. The second-order valence-corrected chi connectivity index (χ2v) is 12.6. The molecular weight excluding hydrogens is 572 g/mol. The van der Waals surface area contributed by atoms with Crippen LogP contribution in [0.4, 0.5) is 0 Å². The quantitative estimate of drug-likeness (QED) is 0.169. The molecule has 6 nitrogen and oxygen atoms in total. The van der Waals surface area contributed by atoms with Crippen LogP contribution in [0.15, 0.2) is 113 Å². The molecule has 0 fully saturated rings. The summed E-state index contributed by atoms with van der Waals surface area (Å²) < 4.78 is 19.5. The van der Waals surface area contributed by atoms with E-state index in [0.717, 1.165) is 54.3 Å². The normalized spacial score (nSPS) is 12.2. The van der Waals surface area contributed by atoms with Crippen LogP contribution < -0.4 is 0 Å². The van der Waals surface area contributed by atoms with E-state index in [0.29, 0.717) is 18.1 Å². The van der Waals surface area contributed by atoms with Gasteiger partial charge in [0, 0.05) is 51.5 Å². The Kier molecular flexibility index (Phi) is 7.98. The molecule has 3 heterocycles. The number of rotatable bonds is 9. The molecule has 0 aliphatic heterocycles. The van der Waals surface area contributed by atoms with Crippen molar-refractivity contribution in [2.75, 3.05) is 13.3 Å². The molecule has 0 N–H and O–H groups in total. The van der Waals surface area contributed by atoms with Gasteiger partial charge in [-0.2, -0.15) is 5.10 Å². The van der Waals surface area contributed by atoms with Gasteiger partial charge in [-0.3, -0.25) is 9.11 Å². The minimum absolute atomic E-state index is 0.612. The third-order valence-corrected chi connectivity index (χ3v) is 9.02. The Labute approximate surface area is 250 Å². The van der Waals surface area contributed by atoms with Gasteiger partial charge in [-0.05, 0) is 55.1 Å². The smallest absolute Gasteiger partial charge is 0.167 e. The molecule has 9 heteroatoms. The molecule has 1 unspecified atom stereocenters. The molecule has 0 amide bonds. The van der Waals surface area contributed by atoms with Crippen LogP contribution in [-0.4, -0.2) is 37.3 Å². The van der Waals surface area contributed by atoms with Crippen molar-refractivity contribution >= 4 is 33.7 Å². The van der Waals surface area contributed by atoms with Crippen LogP contribution in [-0.2, 0) is 23.9 Å². The third kappa shape index (κ3) is 6.11. The highest BCUT2D eigenvalue weighted by atomic mass is 35.5. The predicted octanol–water partition coefficient (Wildman–Crippen LogP) is 7.95. The highest BCUT2D eigenvalue weighted by Gasteiger charge is 2.18. The highest BCUT2D eigenvalue weighted by Crippen LogP contribution is 2.37. The number of nitrogens with zero attached hydrogens (tertiary/aromatic N) is 4. The molecule has 0 saturated heterocycles. The third-order valence-electron chi connectivity index (χ3n) is 6.63. The summed E-state index contributed by atoms with van der Waals surface area (Å²) in [5.41, 5.74) is 5.59. The van der Waals surface area contributed by atoms with Gasteiger partial charge in [0.25, 0.3) is 0 Å². The molecule has 41 heavy (non-hydrogen) atoms. The van der Waals surface area contributed by atoms with Crippen LogP contribution in [0.3, 0.4) is 0 Å². The van der Waals surface area contributed by atoms with E-state index in [2.05, 4.69) is 28.3 Å². The van der Waals surface area contributed by atoms with E-state index in [1.807, 2.05) is 96.7 Å². The number of hydrogen-bond donors (Lipinski definition) is 0. The summed E-state index contributed by atoms with van der Waals surface area (Å²) in [6.07, 6.45) is 1.70. The minimum atomic E-state index is -1.04. The fourth-order valence-electron chi connectivity index (χ4n) is 4.68. The SMILES string of the molecule is CN(Cc1cc(-c2ccccc2)on1)Cc1cc(-c2ccc(-c3cccc(S(C)=O)c3)s2)n(-c2ccccc2Cl)n1. The van der Waals surface area contributed by atoms with E-state index in [1.54, 1.807) is 17.6 Å². The second kappa shape index (κ2) is 12.0. The minimum Gasteiger partial charge on any atom is -0.356 e. The van der Waals surface area contributed by atoms with Gasteiger partial charge < -0.3 is 4.52 Å². The maximum atomic E-state index is 12.0. The Morgan fingerprint density at radius 1 is 0.854 bits per heavy atom. The summed E-state index contributed by atoms with van der Waals surface area (Å²) in [7, 11) is 1.00. The average molecular weight is 599 g/mol. The van der Waals surface area contributed by atoms with Crippen molar-refractivity contribution < 1.29 is 8.73 Å². The summed E-state index contributed by atoms with van der Waals surface area (Å²) in [4.78, 5) is 5.13. The molecule has 0 bridgehead atoms. The lowest BCUT2D eigenvalue weighted by atomic mass is 10.1. The molecule has 0 spiro atoms. The first-order chi connectivity index (χ1) is 19.9. The van der Waals surface area contributed by atoms with Gasteiger partial charge >= 0.3 is 0 Å². The zero-order valence-corrected chi connectivity index (χ0v) is 24.9. The molecule has 0 saturated carbocycles. The summed E-state index contributed by atoms with van der Waals surface area (Å²) >= 11 is 8.30. The largest absolute Gasteiger partial charge is 0.356 e. The second-order valence-electron chi connectivity index (χ2n) is 9.75. The van der Waals surface area contributed by atoms with Crippen LogP contribution in [0.2, 0.25) is 5.02 Å². The van der Waals surface area contributed by atoms with Crippen molar-refractivity contribution in [1.82, 2.24) is 19.8 Å². The van der Waals surface area contributed by atoms with Crippen LogP contribution >= 0.6 is 22.9 Å². The fraction of sp³-hybridized carbons (Fsp3) is 0.125. The molecule has 0 aliphatic carbocycles. The van der Waals surface area contributed by atoms with E-state index in [-0.39, 0.29) is 0 Å². The fourth-order valence-corrected chi connectivity index (χ4v) is 6.47. The first-order valence-electron chi connectivity index (χ1n) is 13.0. The van der Waals surface area contributed by atoms with Crippen LogP contribution in [0.1, 0.15) is 11.4 Å². The van der Waals surface area contributed by atoms with E-state index < -0.39 is 10.8 Å². The molecule has 3 aromatic carbocycles. The van der Waals surface area contributed by atoms with Crippen molar-refractivity contribution in [1.29, 1.82) is 0 Å². The van der Waals surface area contributed by atoms with Crippen molar-refractivity contribution in [3.05, 3.63) is 120 Å². The average Bonchev–Trinajstić information content (AvgIpc) is 3.74. The number of aromatic nitrogens is 3. The Bertz CT molecular complexity index is 1830. The van der Waals surface area contributed by atoms with Gasteiger partial charge in [0.05, 0.1) is 32.7 Å². The van der Waals surface area contributed by atoms with Gasteiger partial charge in [-0.1, -0.05) is 71.4 Å². The molecule has 3 aromatic heterocycles. The zero-order valence-electron chi connectivity index (χ0n) is 22.5.